The van der Waals surface area contributed by atoms with Crippen molar-refractivity contribution in [2.24, 2.45) is 5.92 Å². The molecule has 0 atom stereocenters. The lowest BCUT2D eigenvalue weighted by atomic mass is 9.87. The molecule has 0 amide bonds. The Bertz CT molecular complexity index is 417. The van der Waals surface area contributed by atoms with E-state index in [2.05, 4.69) is 17.5 Å². The van der Waals surface area contributed by atoms with Crippen LogP contribution in [0.4, 0.5) is 5.69 Å². The van der Waals surface area contributed by atoms with Crippen LogP contribution in [0.5, 0.6) is 5.75 Å². The summed E-state index contributed by atoms with van der Waals surface area (Å²) in [6.45, 7) is 2.68. The van der Waals surface area contributed by atoms with Crippen molar-refractivity contribution in [3.8, 4) is 11.8 Å². The number of ether oxygens (including phenoxy) is 1. The Morgan fingerprint density at radius 2 is 2.00 bits per heavy atom. The molecule has 0 bridgehead atoms. The maximum Gasteiger partial charge on any atom is 0.142 e. The third kappa shape index (κ3) is 3.16. The maximum atomic E-state index is 8.89. The van der Waals surface area contributed by atoms with Gasteiger partial charge in [0.2, 0.25) is 0 Å². The Labute approximate surface area is 109 Å². The minimum Gasteiger partial charge on any atom is -0.492 e. The number of nitriles is 1. The van der Waals surface area contributed by atoms with Crippen LogP contribution in [0.2, 0.25) is 0 Å². The number of rotatable bonds is 4. The standard InChI is InChI=1S/C15H20N2O/c1-2-18-15-6-4-3-5-14(15)17-13-9-7-12(11-16)8-10-13/h3-6,12-13,17H,2,7-10H2,1H3. The normalized spacial score (nSPS) is 23.1. The Balaban J connectivity index is 1.96. The van der Waals surface area contributed by atoms with E-state index in [9.17, 15) is 0 Å². The van der Waals surface area contributed by atoms with Crippen molar-refractivity contribution in [2.45, 2.75) is 38.6 Å². The van der Waals surface area contributed by atoms with Gasteiger partial charge >= 0.3 is 0 Å². The van der Waals surface area contributed by atoms with Gasteiger partial charge in [-0.2, -0.15) is 5.26 Å². The van der Waals surface area contributed by atoms with Gasteiger partial charge in [-0.25, -0.2) is 0 Å². The van der Waals surface area contributed by atoms with Gasteiger partial charge in [0.1, 0.15) is 5.75 Å². The first-order valence-electron chi connectivity index (χ1n) is 6.71. The molecule has 3 nitrogen and oxygen atoms in total. The second kappa shape index (κ2) is 6.30. The lowest BCUT2D eigenvalue weighted by Gasteiger charge is -2.27. The van der Waals surface area contributed by atoms with Crippen LogP contribution in [-0.4, -0.2) is 12.6 Å². The molecular formula is C15H20N2O. The molecule has 0 aliphatic heterocycles. The highest BCUT2D eigenvalue weighted by Gasteiger charge is 2.21. The number of hydrogen-bond donors (Lipinski definition) is 1. The predicted octanol–water partition coefficient (Wildman–Crippen LogP) is 3.58. The molecule has 18 heavy (non-hydrogen) atoms. The Kier molecular flexibility index (Phi) is 4.46. The third-order valence-electron chi connectivity index (χ3n) is 3.46. The summed E-state index contributed by atoms with van der Waals surface area (Å²) in [5.41, 5.74) is 1.07. The summed E-state index contributed by atoms with van der Waals surface area (Å²) >= 11 is 0. The SMILES string of the molecule is CCOc1ccccc1NC1CCC(C#N)CC1. The van der Waals surface area contributed by atoms with E-state index in [1.54, 1.807) is 0 Å². The van der Waals surface area contributed by atoms with Crippen molar-refractivity contribution >= 4 is 5.69 Å². The van der Waals surface area contributed by atoms with Crippen LogP contribution < -0.4 is 10.1 Å². The average molecular weight is 244 g/mol. The second-order valence-electron chi connectivity index (χ2n) is 4.75. The highest BCUT2D eigenvalue weighted by atomic mass is 16.5. The molecule has 1 aliphatic carbocycles. The lowest BCUT2D eigenvalue weighted by molar-refractivity contribution is 0.340. The van der Waals surface area contributed by atoms with Gasteiger partial charge in [-0.15, -0.1) is 0 Å². The summed E-state index contributed by atoms with van der Waals surface area (Å²) in [6, 6.07) is 10.9. The molecule has 1 fully saturated rings. The van der Waals surface area contributed by atoms with Crippen LogP contribution in [0.1, 0.15) is 32.6 Å². The summed E-state index contributed by atoms with van der Waals surface area (Å²) in [7, 11) is 0. The first-order chi connectivity index (χ1) is 8.83. The topological polar surface area (TPSA) is 45.0 Å². The molecule has 0 spiro atoms. The van der Waals surface area contributed by atoms with Crippen molar-refractivity contribution in [3.63, 3.8) is 0 Å². The van der Waals surface area contributed by atoms with Gasteiger partial charge in [-0.3, -0.25) is 0 Å². The molecule has 1 saturated carbocycles. The number of benzene rings is 1. The predicted molar refractivity (Wildman–Crippen MR) is 72.6 cm³/mol. The van der Waals surface area contributed by atoms with Gasteiger partial charge in [-0.05, 0) is 44.7 Å². The quantitative estimate of drug-likeness (QED) is 0.880. The molecular weight excluding hydrogens is 224 g/mol. The number of anilines is 1. The molecule has 1 N–H and O–H groups in total. The smallest absolute Gasteiger partial charge is 0.142 e. The largest absolute Gasteiger partial charge is 0.492 e. The first kappa shape index (κ1) is 12.8. The van der Waals surface area contributed by atoms with Crippen molar-refractivity contribution in [1.29, 1.82) is 5.26 Å². The third-order valence-corrected chi connectivity index (χ3v) is 3.46. The van der Waals surface area contributed by atoms with E-state index >= 15 is 0 Å². The Morgan fingerprint density at radius 3 is 2.67 bits per heavy atom. The molecule has 1 aliphatic rings. The fourth-order valence-corrected chi connectivity index (χ4v) is 2.45. The highest BCUT2D eigenvalue weighted by molar-refractivity contribution is 5.56. The fraction of sp³-hybridized carbons (Fsp3) is 0.533. The van der Waals surface area contributed by atoms with Crippen molar-refractivity contribution < 1.29 is 4.74 Å². The molecule has 0 aromatic heterocycles. The molecule has 2 rings (SSSR count). The zero-order valence-electron chi connectivity index (χ0n) is 10.9. The Morgan fingerprint density at radius 1 is 1.28 bits per heavy atom. The van der Waals surface area contributed by atoms with E-state index < -0.39 is 0 Å². The van der Waals surface area contributed by atoms with Crippen LogP contribution >= 0.6 is 0 Å². The van der Waals surface area contributed by atoms with Gasteiger partial charge in [0.25, 0.3) is 0 Å². The van der Waals surface area contributed by atoms with Crippen molar-refractivity contribution in [2.75, 3.05) is 11.9 Å². The zero-order chi connectivity index (χ0) is 12.8. The minimum absolute atomic E-state index is 0.255. The molecule has 3 heteroatoms. The van der Waals surface area contributed by atoms with E-state index in [0.29, 0.717) is 12.6 Å². The first-order valence-corrected chi connectivity index (χ1v) is 6.71. The van der Waals surface area contributed by atoms with Gasteiger partial charge in [0.05, 0.1) is 18.4 Å². The van der Waals surface area contributed by atoms with E-state index in [0.717, 1.165) is 37.1 Å². The van der Waals surface area contributed by atoms with Crippen molar-refractivity contribution in [3.05, 3.63) is 24.3 Å². The van der Waals surface area contributed by atoms with E-state index in [1.807, 2.05) is 25.1 Å². The van der Waals surface area contributed by atoms with E-state index in [1.165, 1.54) is 0 Å². The van der Waals surface area contributed by atoms with Gasteiger partial charge in [0.15, 0.2) is 0 Å². The van der Waals surface area contributed by atoms with Gasteiger partial charge in [0, 0.05) is 12.0 Å². The van der Waals surface area contributed by atoms with Crippen LogP contribution in [-0.2, 0) is 0 Å². The summed E-state index contributed by atoms with van der Waals surface area (Å²) in [4.78, 5) is 0. The molecule has 0 heterocycles. The van der Waals surface area contributed by atoms with Crippen molar-refractivity contribution in [1.82, 2.24) is 0 Å². The highest BCUT2D eigenvalue weighted by Crippen LogP contribution is 2.30. The number of nitrogens with one attached hydrogen (secondary N) is 1. The number of hydrogen-bond acceptors (Lipinski definition) is 3. The molecule has 0 saturated heterocycles. The summed E-state index contributed by atoms with van der Waals surface area (Å²) in [6.07, 6.45) is 4.15. The maximum absolute atomic E-state index is 8.89. The van der Waals surface area contributed by atoms with Crippen LogP contribution in [0.25, 0.3) is 0 Å². The summed E-state index contributed by atoms with van der Waals surface area (Å²) < 4.78 is 5.61. The zero-order valence-corrected chi connectivity index (χ0v) is 10.9. The molecule has 0 radical (unpaired) electrons. The van der Waals surface area contributed by atoms with Crippen LogP contribution in [0.15, 0.2) is 24.3 Å². The Hall–Kier alpha value is -1.69. The minimum atomic E-state index is 0.255. The molecule has 1 aromatic rings. The average Bonchev–Trinajstić information content (AvgIpc) is 2.42. The molecule has 96 valence electrons. The van der Waals surface area contributed by atoms with Crippen LogP contribution in [0.3, 0.4) is 0 Å². The molecule has 1 aromatic carbocycles. The monoisotopic (exact) mass is 244 g/mol. The molecule has 0 unspecified atom stereocenters. The van der Waals surface area contributed by atoms with Gasteiger partial charge in [-0.1, -0.05) is 12.1 Å². The summed E-state index contributed by atoms with van der Waals surface area (Å²) in [5.74, 6) is 1.17. The number of nitrogens with zero attached hydrogens (tertiary/aromatic N) is 1. The lowest BCUT2D eigenvalue weighted by Crippen LogP contribution is -2.25. The van der Waals surface area contributed by atoms with E-state index in [4.69, 9.17) is 10.00 Å². The van der Waals surface area contributed by atoms with Gasteiger partial charge < -0.3 is 10.1 Å². The van der Waals surface area contributed by atoms with Crippen LogP contribution in [0, 0.1) is 17.2 Å². The summed E-state index contributed by atoms with van der Waals surface area (Å²) in [5, 5.41) is 12.4. The fourth-order valence-electron chi connectivity index (χ4n) is 2.45. The van der Waals surface area contributed by atoms with E-state index in [-0.39, 0.29) is 5.92 Å². The second-order valence-corrected chi connectivity index (χ2v) is 4.75. The number of para-hydroxylation sites is 2.